The van der Waals surface area contributed by atoms with Crippen LogP contribution in [0.4, 0.5) is 4.79 Å². The predicted octanol–water partition coefficient (Wildman–Crippen LogP) is 0.682. The van der Waals surface area contributed by atoms with Gasteiger partial charge in [-0.2, -0.15) is 0 Å². The highest BCUT2D eigenvalue weighted by Crippen LogP contribution is 2.27. The van der Waals surface area contributed by atoms with Crippen molar-refractivity contribution in [2.75, 3.05) is 26.2 Å². The monoisotopic (exact) mass is 510 g/mol. The second-order valence-electron chi connectivity index (χ2n) is 9.69. The van der Waals surface area contributed by atoms with Crippen LogP contribution in [0.15, 0.2) is 30.3 Å². The van der Waals surface area contributed by atoms with Gasteiger partial charge in [-0.05, 0) is 43.7 Å². The Bertz CT molecular complexity index is 1200. The first kappa shape index (κ1) is 26.2. The van der Waals surface area contributed by atoms with Crippen LogP contribution in [0.3, 0.4) is 0 Å². The molecule has 11 heteroatoms. The van der Waals surface area contributed by atoms with Gasteiger partial charge in [-0.25, -0.2) is 4.79 Å². The van der Waals surface area contributed by atoms with Crippen LogP contribution in [0.5, 0.6) is 0 Å². The number of hydrogen-bond donors (Lipinski definition) is 4. The Labute approximate surface area is 215 Å². The second kappa shape index (κ2) is 11.4. The van der Waals surface area contributed by atoms with Crippen LogP contribution in [0.2, 0.25) is 0 Å². The average Bonchev–Trinajstić information content (AvgIpc) is 3.67. The molecule has 1 aromatic heterocycles. The summed E-state index contributed by atoms with van der Waals surface area (Å²) in [6.07, 6.45) is 2.97. The van der Waals surface area contributed by atoms with E-state index >= 15 is 0 Å². The summed E-state index contributed by atoms with van der Waals surface area (Å²) < 4.78 is 1.75. The minimum absolute atomic E-state index is 0.138. The van der Waals surface area contributed by atoms with Gasteiger partial charge < -0.3 is 30.7 Å². The van der Waals surface area contributed by atoms with Gasteiger partial charge in [0.05, 0.1) is 6.54 Å². The SMILES string of the molecule is CCC(NC(=O)c1cc2ccccc2n1C)C(=O)NC(CN1CCCNC1=O)C(=O)C(=O)NCC1CC1. The number of Topliss-reactive ketones (excluding diaryl/α,β-unsaturated/α-hetero) is 1. The molecule has 2 fully saturated rings. The molecule has 2 unspecified atom stereocenters. The topological polar surface area (TPSA) is 142 Å². The highest BCUT2D eigenvalue weighted by Gasteiger charge is 2.34. The lowest BCUT2D eigenvalue weighted by molar-refractivity contribution is -0.140. The van der Waals surface area contributed by atoms with Gasteiger partial charge in [0.2, 0.25) is 11.7 Å². The maximum atomic E-state index is 13.2. The zero-order chi connectivity index (χ0) is 26.5. The number of rotatable bonds is 11. The minimum atomic E-state index is -1.24. The van der Waals surface area contributed by atoms with E-state index in [9.17, 15) is 24.0 Å². The van der Waals surface area contributed by atoms with Crippen molar-refractivity contribution in [3.8, 4) is 0 Å². The van der Waals surface area contributed by atoms with Crippen LogP contribution < -0.4 is 21.3 Å². The first-order valence-electron chi connectivity index (χ1n) is 12.8. The van der Waals surface area contributed by atoms with Crippen LogP contribution in [-0.4, -0.2) is 77.3 Å². The third kappa shape index (κ3) is 6.28. The van der Waals surface area contributed by atoms with E-state index in [1.807, 2.05) is 24.3 Å². The maximum absolute atomic E-state index is 13.2. The number of aromatic nitrogens is 1. The highest BCUT2D eigenvalue weighted by molar-refractivity contribution is 6.38. The maximum Gasteiger partial charge on any atom is 0.317 e. The quantitative estimate of drug-likeness (QED) is 0.329. The lowest BCUT2D eigenvalue weighted by atomic mass is 10.1. The van der Waals surface area contributed by atoms with Gasteiger partial charge in [0.1, 0.15) is 17.8 Å². The number of carbonyl (C=O) groups is 5. The number of nitrogens with zero attached hydrogens (tertiary/aromatic N) is 2. The number of carbonyl (C=O) groups excluding carboxylic acids is 5. The molecule has 1 aromatic carbocycles. The number of ketones is 1. The molecule has 0 radical (unpaired) electrons. The standard InChI is InChI=1S/C26H34N6O5/c1-3-18(29-24(35)21-13-17-7-4-5-8-20(17)31(21)2)23(34)30-19(15-32-12-6-11-27-26(32)37)22(33)25(36)28-14-16-9-10-16/h4-5,7-8,13,16,18-19H,3,6,9-12,14-15H2,1-2H3,(H,27,37)(H,28,36)(H,29,35)(H,30,34). The van der Waals surface area contributed by atoms with Crippen LogP contribution in [0, 0.1) is 5.92 Å². The van der Waals surface area contributed by atoms with Gasteiger partial charge in [0.25, 0.3) is 11.8 Å². The van der Waals surface area contributed by atoms with Crippen LogP contribution in [0.1, 0.15) is 43.1 Å². The van der Waals surface area contributed by atoms with Crippen molar-refractivity contribution >= 4 is 40.4 Å². The molecule has 2 aromatic rings. The van der Waals surface area contributed by atoms with E-state index in [1.165, 1.54) is 4.90 Å². The molecule has 5 amide bonds. The minimum Gasteiger partial charge on any atom is -0.349 e. The fraction of sp³-hybridized carbons (Fsp3) is 0.500. The summed E-state index contributed by atoms with van der Waals surface area (Å²) in [5.74, 6) is -2.25. The van der Waals surface area contributed by atoms with Crippen LogP contribution in [-0.2, 0) is 21.4 Å². The molecule has 198 valence electrons. The zero-order valence-electron chi connectivity index (χ0n) is 21.2. The van der Waals surface area contributed by atoms with Crippen molar-refractivity contribution < 1.29 is 24.0 Å². The number of fused-ring (bicyclic) bond motifs is 1. The van der Waals surface area contributed by atoms with E-state index < -0.39 is 35.6 Å². The molecule has 1 saturated heterocycles. The Balaban J connectivity index is 1.45. The van der Waals surface area contributed by atoms with E-state index in [-0.39, 0.29) is 19.0 Å². The molecule has 2 atom stereocenters. The summed E-state index contributed by atoms with van der Waals surface area (Å²) in [6.45, 7) is 2.95. The number of para-hydroxylation sites is 1. The van der Waals surface area contributed by atoms with E-state index in [1.54, 1.807) is 24.6 Å². The number of urea groups is 1. The van der Waals surface area contributed by atoms with Crippen molar-refractivity contribution in [2.45, 2.75) is 44.7 Å². The summed E-state index contributed by atoms with van der Waals surface area (Å²) in [7, 11) is 1.77. The number of hydrogen-bond acceptors (Lipinski definition) is 5. The first-order chi connectivity index (χ1) is 17.8. The fourth-order valence-electron chi connectivity index (χ4n) is 4.44. The van der Waals surface area contributed by atoms with Crippen LogP contribution in [0.25, 0.3) is 10.9 Å². The van der Waals surface area contributed by atoms with Crippen molar-refractivity contribution in [3.63, 3.8) is 0 Å². The molecule has 4 rings (SSSR count). The molecule has 37 heavy (non-hydrogen) atoms. The zero-order valence-corrected chi connectivity index (χ0v) is 21.2. The van der Waals surface area contributed by atoms with Gasteiger partial charge in [-0.1, -0.05) is 25.1 Å². The lowest BCUT2D eigenvalue weighted by Gasteiger charge is -2.31. The Hall–Kier alpha value is -3.89. The van der Waals surface area contributed by atoms with Crippen molar-refractivity contribution in [1.29, 1.82) is 0 Å². The average molecular weight is 511 g/mol. The summed E-state index contributed by atoms with van der Waals surface area (Å²) in [5, 5.41) is 11.6. The molecule has 2 aliphatic rings. The summed E-state index contributed by atoms with van der Waals surface area (Å²) >= 11 is 0. The van der Waals surface area contributed by atoms with Gasteiger partial charge in [0, 0.05) is 37.6 Å². The van der Waals surface area contributed by atoms with E-state index in [4.69, 9.17) is 0 Å². The lowest BCUT2D eigenvalue weighted by Crippen LogP contribution is -2.59. The molecular weight excluding hydrogens is 476 g/mol. The molecular formula is C26H34N6O5. The smallest absolute Gasteiger partial charge is 0.317 e. The van der Waals surface area contributed by atoms with E-state index in [2.05, 4.69) is 21.3 Å². The van der Waals surface area contributed by atoms with Crippen molar-refractivity contribution in [1.82, 2.24) is 30.7 Å². The molecule has 0 bridgehead atoms. The summed E-state index contributed by atoms with van der Waals surface area (Å²) in [6, 6.07) is 6.78. The Morgan fingerprint density at radius 3 is 2.54 bits per heavy atom. The van der Waals surface area contributed by atoms with Gasteiger partial charge >= 0.3 is 6.03 Å². The Kier molecular flexibility index (Phi) is 8.10. The Morgan fingerprint density at radius 2 is 1.86 bits per heavy atom. The van der Waals surface area contributed by atoms with E-state index in [0.29, 0.717) is 37.7 Å². The molecule has 1 saturated carbocycles. The normalized spacial score (nSPS) is 17.0. The van der Waals surface area contributed by atoms with Gasteiger partial charge in [-0.15, -0.1) is 0 Å². The molecule has 1 aliphatic heterocycles. The summed E-state index contributed by atoms with van der Waals surface area (Å²) in [4.78, 5) is 65.5. The van der Waals surface area contributed by atoms with Crippen LogP contribution >= 0.6 is 0 Å². The molecule has 1 aliphatic carbocycles. The molecule has 0 spiro atoms. The number of aryl methyl sites for hydroxylation is 1. The van der Waals surface area contributed by atoms with Crippen molar-refractivity contribution in [2.24, 2.45) is 13.0 Å². The third-order valence-corrected chi connectivity index (χ3v) is 6.89. The van der Waals surface area contributed by atoms with Crippen molar-refractivity contribution in [3.05, 3.63) is 36.0 Å². The number of amides is 5. The molecule has 2 heterocycles. The third-order valence-electron chi connectivity index (χ3n) is 6.89. The number of benzene rings is 1. The fourth-order valence-corrected chi connectivity index (χ4v) is 4.44. The van der Waals surface area contributed by atoms with Gasteiger partial charge in [0.15, 0.2) is 0 Å². The largest absolute Gasteiger partial charge is 0.349 e. The predicted molar refractivity (Wildman–Crippen MR) is 137 cm³/mol. The number of nitrogens with one attached hydrogen (secondary N) is 4. The Morgan fingerprint density at radius 1 is 1.11 bits per heavy atom. The molecule has 4 N–H and O–H groups in total. The summed E-state index contributed by atoms with van der Waals surface area (Å²) in [5.41, 5.74) is 1.28. The van der Waals surface area contributed by atoms with E-state index in [0.717, 1.165) is 23.7 Å². The molecule has 11 nitrogen and oxygen atoms in total. The highest BCUT2D eigenvalue weighted by atomic mass is 16.2. The first-order valence-corrected chi connectivity index (χ1v) is 12.8. The second-order valence-corrected chi connectivity index (χ2v) is 9.69. The van der Waals surface area contributed by atoms with Gasteiger partial charge in [-0.3, -0.25) is 19.2 Å².